The second kappa shape index (κ2) is 12.8. The number of carbonyl (C=O) groups is 1. The Hall–Kier alpha value is -5.34. The number of fused-ring (bicyclic) bond motifs is 1. The van der Waals surface area contributed by atoms with Gasteiger partial charge < -0.3 is 35.4 Å². The zero-order valence-corrected chi connectivity index (χ0v) is 26.3. The summed E-state index contributed by atoms with van der Waals surface area (Å²) in [6.45, 7) is 1.72. The van der Waals surface area contributed by atoms with E-state index in [0.717, 1.165) is 11.1 Å². The van der Waals surface area contributed by atoms with Crippen LogP contribution < -0.4 is 4.74 Å². The average Bonchev–Trinajstić information content (AvgIpc) is 3.02. The minimum atomic E-state index is -0.515. The number of rotatable bonds is 8. The molecule has 6 N–H and O–H groups in total. The summed E-state index contributed by atoms with van der Waals surface area (Å²) in [5.41, 5.74) is 3.78. The molecule has 1 aliphatic heterocycles. The van der Waals surface area contributed by atoms with Gasteiger partial charge in [0.25, 0.3) is 0 Å². The molecule has 240 valence electrons. The molecule has 5 aromatic rings. The summed E-state index contributed by atoms with van der Waals surface area (Å²) < 4.78 is 6.04. The molecule has 6 rings (SSSR count). The lowest BCUT2D eigenvalue weighted by atomic mass is 9.87. The van der Waals surface area contributed by atoms with E-state index in [9.17, 15) is 35.4 Å². The van der Waals surface area contributed by atoms with E-state index < -0.39 is 11.9 Å². The van der Waals surface area contributed by atoms with Crippen molar-refractivity contribution in [1.29, 1.82) is 0 Å². The lowest BCUT2D eigenvalue weighted by Crippen LogP contribution is -2.25. The van der Waals surface area contributed by atoms with E-state index >= 15 is 0 Å². The largest absolute Gasteiger partial charge is 0.508 e. The summed E-state index contributed by atoms with van der Waals surface area (Å²) in [7, 11) is 0. The van der Waals surface area contributed by atoms with Crippen molar-refractivity contribution in [2.75, 3.05) is 0 Å². The Bertz CT molecular complexity index is 2020. The van der Waals surface area contributed by atoms with Gasteiger partial charge in [0.2, 0.25) is 0 Å². The highest BCUT2D eigenvalue weighted by Crippen LogP contribution is 2.48. The second-order valence-corrected chi connectivity index (χ2v) is 12.4. The molecule has 1 unspecified atom stereocenters. The molecule has 0 saturated heterocycles. The lowest BCUT2D eigenvalue weighted by molar-refractivity contribution is 0.0863. The van der Waals surface area contributed by atoms with Gasteiger partial charge in [0, 0.05) is 48.3 Å². The van der Waals surface area contributed by atoms with Gasteiger partial charge in [-0.15, -0.1) is 0 Å². The molecular weight excluding hydrogens is 620 g/mol. The van der Waals surface area contributed by atoms with Crippen molar-refractivity contribution in [1.82, 2.24) is 0 Å². The third-order valence-electron chi connectivity index (χ3n) is 8.51. The van der Waals surface area contributed by atoms with Gasteiger partial charge >= 0.3 is 0 Å². The highest BCUT2D eigenvalue weighted by molar-refractivity contribution is 6.30. The summed E-state index contributed by atoms with van der Waals surface area (Å²) >= 11 is 6.14. The zero-order chi connectivity index (χ0) is 33.4. The summed E-state index contributed by atoms with van der Waals surface area (Å²) in [5, 5.41) is 65.8. The second-order valence-electron chi connectivity index (χ2n) is 11.9. The Kier molecular flexibility index (Phi) is 8.62. The summed E-state index contributed by atoms with van der Waals surface area (Å²) in [4.78, 5) is 13.3. The molecule has 5 aromatic carbocycles. The van der Waals surface area contributed by atoms with Crippen LogP contribution in [0.5, 0.6) is 40.2 Å². The van der Waals surface area contributed by atoms with Crippen LogP contribution >= 0.6 is 11.6 Å². The van der Waals surface area contributed by atoms with Crippen molar-refractivity contribution in [3.63, 3.8) is 0 Å². The fraction of sp³-hybridized carbons (Fsp3) is 0.184. The first kappa shape index (κ1) is 31.6. The number of halogens is 1. The number of ether oxygens (including phenoxy) is 1. The smallest absolute Gasteiger partial charge is 0.174 e. The molecule has 1 heterocycles. The molecule has 9 heteroatoms. The van der Waals surface area contributed by atoms with Gasteiger partial charge in [0.1, 0.15) is 51.9 Å². The third-order valence-corrected chi connectivity index (χ3v) is 8.75. The number of benzene rings is 5. The van der Waals surface area contributed by atoms with Crippen LogP contribution in [0.2, 0.25) is 5.02 Å². The highest BCUT2D eigenvalue weighted by atomic mass is 35.5. The quantitative estimate of drug-likeness (QED) is 0.102. The monoisotopic (exact) mass is 652 g/mol. The SMILES string of the molecule is CC1CC(=O)c2c(O)c(Cc3cc(Cc4ccccc4O)ccc3O)c(O)c(Cc3cc(Cc4cc(Cl)ccc4O)ccc3O)c2O1. The average molecular weight is 653 g/mol. The standard InChI is InChI=1S/C38H33ClO8/c1-20-12-34(44)35-37(46)28(18-25-15-21(6-9-31(25)41)13-23-4-2-3-5-30(23)40)36(45)29(38(35)47-20)19-26-16-22(7-10-32(26)42)14-24-17-27(39)8-11-33(24)43/h2-11,15-17,20,40-43,45-46H,12-14,18-19H2,1H3. The summed E-state index contributed by atoms with van der Waals surface area (Å²) in [5.74, 6) is -0.989. The van der Waals surface area contributed by atoms with E-state index in [4.69, 9.17) is 16.3 Å². The van der Waals surface area contributed by atoms with Crippen LogP contribution in [0.3, 0.4) is 0 Å². The fourth-order valence-electron chi connectivity index (χ4n) is 6.09. The molecule has 0 spiro atoms. The molecule has 0 fully saturated rings. The first-order chi connectivity index (χ1) is 22.5. The Morgan fingerprint density at radius 3 is 1.81 bits per heavy atom. The van der Waals surface area contributed by atoms with E-state index in [2.05, 4.69) is 0 Å². The highest BCUT2D eigenvalue weighted by Gasteiger charge is 2.34. The van der Waals surface area contributed by atoms with Crippen molar-refractivity contribution < 1.29 is 40.2 Å². The normalized spacial score (nSPS) is 14.1. The summed E-state index contributed by atoms with van der Waals surface area (Å²) in [6, 6.07) is 21.6. The summed E-state index contributed by atoms with van der Waals surface area (Å²) in [6.07, 6.45) is 0.0189. The van der Waals surface area contributed by atoms with E-state index in [1.54, 1.807) is 61.5 Å². The third kappa shape index (κ3) is 6.50. The van der Waals surface area contributed by atoms with Crippen molar-refractivity contribution in [2.24, 2.45) is 0 Å². The number of hydrogen-bond acceptors (Lipinski definition) is 8. The van der Waals surface area contributed by atoms with Gasteiger partial charge in [-0.2, -0.15) is 0 Å². The molecule has 0 radical (unpaired) electrons. The van der Waals surface area contributed by atoms with Crippen LogP contribution in [-0.4, -0.2) is 42.5 Å². The van der Waals surface area contributed by atoms with Crippen LogP contribution in [0.15, 0.2) is 78.9 Å². The number of ketones is 1. The Balaban J connectivity index is 1.41. The van der Waals surface area contributed by atoms with Crippen molar-refractivity contribution >= 4 is 17.4 Å². The molecule has 0 saturated carbocycles. The lowest BCUT2D eigenvalue weighted by Gasteiger charge is -2.28. The molecule has 47 heavy (non-hydrogen) atoms. The molecule has 0 aliphatic carbocycles. The number of hydrogen-bond donors (Lipinski definition) is 6. The van der Waals surface area contributed by atoms with Gasteiger partial charge in [-0.1, -0.05) is 54.1 Å². The number of para-hydroxylation sites is 1. The molecule has 1 atom stereocenters. The van der Waals surface area contributed by atoms with E-state index in [1.807, 2.05) is 6.07 Å². The van der Waals surface area contributed by atoms with Gasteiger partial charge in [-0.05, 0) is 76.7 Å². The van der Waals surface area contributed by atoms with Crippen LogP contribution in [0.4, 0.5) is 0 Å². The van der Waals surface area contributed by atoms with Gasteiger partial charge in [-0.3, -0.25) is 4.79 Å². The fourth-order valence-corrected chi connectivity index (χ4v) is 6.29. The van der Waals surface area contributed by atoms with E-state index in [0.29, 0.717) is 40.1 Å². The Morgan fingerprint density at radius 1 is 0.638 bits per heavy atom. The first-order valence-electron chi connectivity index (χ1n) is 15.1. The van der Waals surface area contributed by atoms with Gasteiger partial charge in [-0.25, -0.2) is 0 Å². The van der Waals surface area contributed by atoms with E-state index in [1.165, 1.54) is 18.2 Å². The number of phenols is 6. The van der Waals surface area contributed by atoms with E-state index in [-0.39, 0.29) is 76.2 Å². The maximum absolute atomic E-state index is 13.3. The molecule has 0 aromatic heterocycles. The van der Waals surface area contributed by atoms with Gasteiger partial charge in [0.15, 0.2) is 5.78 Å². The first-order valence-corrected chi connectivity index (χ1v) is 15.5. The van der Waals surface area contributed by atoms with Gasteiger partial charge in [0.05, 0.1) is 0 Å². The van der Waals surface area contributed by atoms with Crippen molar-refractivity contribution in [3.05, 3.63) is 134 Å². The number of aromatic hydroxyl groups is 6. The molecule has 0 bridgehead atoms. The number of carbonyl (C=O) groups excluding carboxylic acids is 1. The Labute approximate surface area is 276 Å². The molecule has 8 nitrogen and oxygen atoms in total. The van der Waals surface area contributed by atoms with Crippen LogP contribution in [0, 0.1) is 0 Å². The van der Waals surface area contributed by atoms with Crippen molar-refractivity contribution in [3.8, 4) is 40.2 Å². The van der Waals surface area contributed by atoms with Crippen LogP contribution in [-0.2, 0) is 25.7 Å². The predicted octanol–water partition coefficient (Wildman–Crippen LogP) is 7.29. The molecule has 0 amide bonds. The zero-order valence-electron chi connectivity index (χ0n) is 25.5. The minimum absolute atomic E-state index is 0.0232. The maximum Gasteiger partial charge on any atom is 0.174 e. The predicted molar refractivity (Wildman–Crippen MR) is 177 cm³/mol. The maximum atomic E-state index is 13.3. The minimum Gasteiger partial charge on any atom is -0.508 e. The molecular formula is C38H33ClO8. The van der Waals surface area contributed by atoms with Crippen LogP contribution in [0.1, 0.15) is 68.2 Å². The van der Waals surface area contributed by atoms with Crippen molar-refractivity contribution in [2.45, 2.75) is 45.1 Å². The Morgan fingerprint density at radius 2 is 1.17 bits per heavy atom. The number of phenolic OH excluding ortho intramolecular Hbond substituents is 6. The molecule has 1 aliphatic rings. The topological polar surface area (TPSA) is 148 Å². The number of Topliss-reactive ketones (excluding diaryl/α,β-unsaturated/α-hetero) is 1. The van der Waals surface area contributed by atoms with Crippen LogP contribution in [0.25, 0.3) is 0 Å².